The van der Waals surface area contributed by atoms with Crippen LogP contribution in [0.15, 0.2) is 46.3 Å². The smallest absolute Gasteiger partial charge is 0.355 e. The average molecular weight is 390 g/mol. The predicted molar refractivity (Wildman–Crippen MR) is 97.0 cm³/mol. The third-order valence-corrected chi connectivity index (χ3v) is 5.38. The van der Waals surface area contributed by atoms with Gasteiger partial charge >= 0.3 is 5.97 Å². The second-order valence-electron chi connectivity index (χ2n) is 5.97. The first-order chi connectivity index (χ1) is 12.7. The number of rotatable bonds is 5. The van der Waals surface area contributed by atoms with E-state index in [1.165, 1.54) is 41.4 Å². The fraction of sp³-hybridized carbons (Fsp3) is 0.235. The number of carbonyl (C=O) groups excluding carboxylic acids is 1. The molecule has 0 bridgehead atoms. The normalized spacial score (nSPS) is 11.7. The number of aromatic nitrogens is 3. The zero-order valence-electron chi connectivity index (χ0n) is 15.0. The minimum Gasteiger partial charge on any atom is -0.455 e. The molecule has 0 unspecified atom stereocenters. The van der Waals surface area contributed by atoms with Crippen molar-refractivity contribution >= 4 is 21.6 Å². The van der Waals surface area contributed by atoms with Gasteiger partial charge in [0, 0.05) is 25.5 Å². The Kier molecular flexibility index (Phi) is 4.85. The van der Waals surface area contributed by atoms with Crippen molar-refractivity contribution in [2.24, 2.45) is 7.05 Å². The molecule has 0 aliphatic rings. The number of fused-ring (bicyclic) bond motifs is 1. The Labute approximate surface area is 155 Å². The number of aryl methyl sites for hydroxylation is 2. The lowest BCUT2D eigenvalue weighted by Gasteiger charge is -2.07. The first kappa shape index (κ1) is 18.8. The number of hydrogen-bond donors (Lipinski definition) is 1. The van der Waals surface area contributed by atoms with Gasteiger partial charge in [-0.05, 0) is 37.7 Å². The number of pyridine rings is 1. The van der Waals surface area contributed by atoms with E-state index in [4.69, 9.17) is 4.74 Å². The van der Waals surface area contributed by atoms with E-state index in [-0.39, 0.29) is 22.8 Å². The second-order valence-corrected chi connectivity index (χ2v) is 7.86. The molecule has 27 heavy (non-hydrogen) atoms. The number of ether oxygens (including phenoxy) is 1. The Morgan fingerprint density at radius 3 is 2.74 bits per heavy atom. The van der Waals surface area contributed by atoms with E-state index in [2.05, 4.69) is 9.71 Å². The number of carbonyl (C=O) groups is 1. The molecule has 0 amide bonds. The molecule has 0 aromatic carbocycles. The molecular weight excluding hydrogens is 372 g/mol. The number of esters is 1. The Hall–Kier alpha value is -2.98. The summed E-state index contributed by atoms with van der Waals surface area (Å²) in [5, 5.41) is 0. The first-order valence-electron chi connectivity index (χ1n) is 7.97. The van der Waals surface area contributed by atoms with Crippen LogP contribution in [-0.2, 0) is 28.4 Å². The molecule has 0 radical (unpaired) electrons. The number of nitrogens with zero attached hydrogens (tertiary/aromatic N) is 3. The van der Waals surface area contributed by atoms with Crippen LogP contribution >= 0.6 is 0 Å². The van der Waals surface area contributed by atoms with Crippen LogP contribution in [0.3, 0.4) is 0 Å². The summed E-state index contributed by atoms with van der Waals surface area (Å²) in [6.45, 7) is 1.67. The molecule has 0 atom stereocenters. The molecular formula is C17H18N4O5S. The van der Waals surface area contributed by atoms with Gasteiger partial charge in [0.25, 0.3) is 5.56 Å². The lowest BCUT2D eigenvalue weighted by atomic mass is 10.3. The molecule has 1 N–H and O–H groups in total. The van der Waals surface area contributed by atoms with Crippen LogP contribution in [0.25, 0.3) is 5.65 Å². The first-order valence-corrected chi connectivity index (χ1v) is 9.45. The van der Waals surface area contributed by atoms with Crippen LogP contribution in [0.5, 0.6) is 0 Å². The fourth-order valence-corrected chi connectivity index (χ4v) is 3.34. The van der Waals surface area contributed by atoms with E-state index >= 15 is 0 Å². The van der Waals surface area contributed by atoms with Gasteiger partial charge in [0.1, 0.15) is 22.8 Å². The minimum atomic E-state index is -3.67. The predicted octanol–water partition coefficient (Wildman–Crippen LogP) is 0.607. The van der Waals surface area contributed by atoms with E-state index < -0.39 is 16.0 Å². The Morgan fingerprint density at radius 1 is 1.30 bits per heavy atom. The molecule has 3 rings (SSSR count). The molecule has 9 nitrogen and oxygen atoms in total. The zero-order chi connectivity index (χ0) is 19.8. The molecule has 10 heteroatoms. The number of sulfonamides is 1. The monoisotopic (exact) mass is 390 g/mol. The summed E-state index contributed by atoms with van der Waals surface area (Å²) in [6, 6.07) is 6.05. The maximum absolute atomic E-state index is 12.3. The standard InChI is InChI=1S/C17H18N4O5S/c1-11-4-5-21-15(6-11)19-12(7-16(21)22)10-26-17(23)14-8-13(9-20(14)3)27(24,25)18-2/h4-9,18H,10H2,1-3H3. The van der Waals surface area contributed by atoms with Crippen molar-refractivity contribution in [1.29, 1.82) is 0 Å². The van der Waals surface area contributed by atoms with E-state index in [0.29, 0.717) is 11.3 Å². The highest BCUT2D eigenvalue weighted by Gasteiger charge is 2.20. The van der Waals surface area contributed by atoms with Gasteiger partial charge in [0.2, 0.25) is 10.0 Å². The van der Waals surface area contributed by atoms with Crippen LogP contribution in [0.1, 0.15) is 21.7 Å². The molecule has 3 heterocycles. The van der Waals surface area contributed by atoms with E-state index in [1.807, 2.05) is 6.92 Å². The minimum absolute atomic E-state index is 0.0444. The maximum Gasteiger partial charge on any atom is 0.355 e. The molecule has 0 saturated heterocycles. The topological polar surface area (TPSA) is 112 Å². The van der Waals surface area contributed by atoms with Crippen molar-refractivity contribution in [2.45, 2.75) is 18.4 Å². The summed E-state index contributed by atoms with van der Waals surface area (Å²) in [6.07, 6.45) is 2.94. The summed E-state index contributed by atoms with van der Waals surface area (Å²) in [7, 11) is -0.849. The van der Waals surface area contributed by atoms with Crippen molar-refractivity contribution in [3.05, 3.63) is 64.0 Å². The van der Waals surface area contributed by atoms with Crippen molar-refractivity contribution in [3.63, 3.8) is 0 Å². The molecule has 0 spiro atoms. The van der Waals surface area contributed by atoms with Crippen LogP contribution in [0, 0.1) is 6.92 Å². The summed E-state index contributed by atoms with van der Waals surface area (Å²) >= 11 is 0. The Bertz CT molecular complexity index is 1190. The van der Waals surface area contributed by atoms with Gasteiger partial charge in [-0.2, -0.15) is 0 Å². The van der Waals surface area contributed by atoms with Crippen molar-refractivity contribution < 1.29 is 17.9 Å². The molecule has 142 valence electrons. The Morgan fingerprint density at radius 2 is 2.04 bits per heavy atom. The van der Waals surface area contributed by atoms with Crippen LogP contribution in [0.2, 0.25) is 0 Å². The third-order valence-electron chi connectivity index (χ3n) is 3.99. The fourth-order valence-electron chi connectivity index (χ4n) is 2.54. The molecule has 0 fully saturated rings. The van der Waals surface area contributed by atoms with E-state index in [0.717, 1.165) is 5.56 Å². The lowest BCUT2D eigenvalue weighted by Crippen LogP contribution is -2.18. The third kappa shape index (κ3) is 3.76. The molecule has 0 saturated carbocycles. The second kappa shape index (κ2) is 6.97. The highest BCUT2D eigenvalue weighted by Crippen LogP contribution is 2.14. The van der Waals surface area contributed by atoms with Gasteiger partial charge in [0.15, 0.2) is 0 Å². The maximum atomic E-state index is 12.3. The summed E-state index contributed by atoms with van der Waals surface area (Å²) in [4.78, 5) is 28.7. The average Bonchev–Trinajstić information content (AvgIpc) is 3.02. The highest BCUT2D eigenvalue weighted by atomic mass is 32.2. The number of nitrogens with one attached hydrogen (secondary N) is 1. The summed E-state index contributed by atoms with van der Waals surface area (Å²) in [5.41, 5.74) is 1.48. The van der Waals surface area contributed by atoms with Crippen molar-refractivity contribution in [2.75, 3.05) is 7.05 Å². The number of hydrogen-bond acceptors (Lipinski definition) is 6. The van der Waals surface area contributed by atoms with Gasteiger partial charge in [-0.3, -0.25) is 9.20 Å². The SMILES string of the molecule is CNS(=O)(=O)c1cc(C(=O)OCc2cc(=O)n3ccc(C)cc3n2)n(C)c1. The van der Waals surface area contributed by atoms with Gasteiger partial charge in [-0.15, -0.1) is 0 Å². The van der Waals surface area contributed by atoms with E-state index in [9.17, 15) is 18.0 Å². The van der Waals surface area contributed by atoms with Gasteiger partial charge < -0.3 is 9.30 Å². The van der Waals surface area contributed by atoms with Gasteiger partial charge in [-0.1, -0.05) is 0 Å². The summed E-state index contributed by atoms with van der Waals surface area (Å²) in [5.74, 6) is -0.721. The molecule has 0 aliphatic carbocycles. The Balaban J connectivity index is 1.82. The largest absolute Gasteiger partial charge is 0.455 e. The van der Waals surface area contributed by atoms with Gasteiger partial charge in [0.05, 0.1) is 5.69 Å². The van der Waals surface area contributed by atoms with Crippen LogP contribution in [0.4, 0.5) is 0 Å². The lowest BCUT2D eigenvalue weighted by molar-refractivity contribution is 0.0456. The zero-order valence-corrected chi connectivity index (χ0v) is 15.8. The van der Waals surface area contributed by atoms with Gasteiger partial charge in [-0.25, -0.2) is 22.9 Å². The van der Waals surface area contributed by atoms with Crippen molar-refractivity contribution in [1.82, 2.24) is 18.7 Å². The summed E-state index contributed by atoms with van der Waals surface area (Å²) < 4.78 is 33.8. The van der Waals surface area contributed by atoms with E-state index in [1.54, 1.807) is 18.3 Å². The quantitative estimate of drug-likeness (QED) is 0.639. The van der Waals surface area contributed by atoms with Crippen LogP contribution < -0.4 is 10.3 Å². The van der Waals surface area contributed by atoms with Crippen molar-refractivity contribution in [3.8, 4) is 0 Å². The molecule has 3 aromatic rings. The highest BCUT2D eigenvalue weighted by molar-refractivity contribution is 7.89. The molecule has 3 aromatic heterocycles. The molecule has 0 aliphatic heterocycles. The van der Waals surface area contributed by atoms with Crippen LogP contribution in [-0.4, -0.2) is 35.4 Å².